The zero-order valence-corrected chi connectivity index (χ0v) is 21.6. The molecule has 196 valence electrons. The molecule has 0 aliphatic heterocycles. The molecule has 0 saturated heterocycles. The monoisotopic (exact) mass is 532 g/mol. The zero-order chi connectivity index (χ0) is 27.4. The normalized spacial score (nSPS) is 15.1. The number of pyridine rings is 1. The minimum atomic E-state index is -4.63. The lowest BCUT2D eigenvalue weighted by atomic mass is 9.86. The number of allylic oxidation sites excluding steroid dienone is 1. The molecule has 0 radical (unpaired) electrons. The van der Waals surface area contributed by atoms with E-state index in [-0.39, 0.29) is 23.5 Å². The third kappa shape index (κ3) is 7.26. The minimum absolute atomic E-state index is 0.116. The number of hydrogen-bond acceptors (Lipinski definition) is 7. The first-order valence-corrected chi connectivity index (χ1v) is 12.7. The molecule has 1 aliphatic carbocycles. The van der Waals surface area contributed by atoms with Crippen molar-refractivity contribution in [2.45, 2.75) is 62.7 Å². The number of alkyl halides is 3. The number of ketones is 1. The van der Waals surface area contributed by atoms with E-state index < -0.39 is 29.6 Å². The Bertz CT molecular complexity index is 1260. The molecule has 11 heteroatoms. The number of aromatic nitrogens is 1. The first-order chi connectivity index (χ1) is 17.3. The number of rotatable bonds is 6. The van der Waals surface area contributed by atoms with Gasteiger partial charge in [0.1, 0.15) is 11.3 Å². The van der Waals surface area contributed by atoms with E-state index in [0.717, 1.165) is 12.3 Å². The molecule has 0 saturated carbocycles. The van der Waals surface area contributed by atoms with Crippen LogP contribution in [0.3, 0.4) is 0 Å². The van der Waals surface area contributed by atoms with Crippen LogP contribution < -0.4 is 10.6 Å². The fraction of sp³-hybridized carbons (Fsp3) is 0.385. The van der Waals surface area contributed by atoms with Crippen LogP contribution in [0.15, 0.2) is 52.7 Å². The van der Waals surface area contributed by atoms with Gasteiger partial charge in [-0.05, 0) is 69.7 Å². The van der Waals surface area contributed by atoms with Gasteiger partial charge in [-0.2, -0.15) is 18.4 Å². The molecule has 0 fully saturated rings. The number of thioether (sulfide) groups is 1. The van der Waals surface area contributed by atoms with Crippen LogP contribution in [0.4, 0.5) is 23.7 Å². The van der Waals surface area contributed by atoms with Crippen molar-refractivity contribution in [1.82, 2.24) is 10.3 Å². The number of hydrogen-bond donors (Lipinski definition) is 2. The molecule has 1 aliphatic rings. The molecule has 3 rings (SSSR count). The van der Waals surface area contributed by atoms with E-state index >= 15 is 0 Å². The van der Waals surface area contributed by atoms with Gasteiger partial charge >= 0.3 is 12.3 Å². The number of carbonyl (C=O) groups is 2. The third-order valence-electron chi connectivity index (χ3n) is 5.43. The van der Waals surface area contributed by atoms with Crippen molar-refractivity contribution in [2.24, 2.45) is 0 Å². The fourth-order valence-corrected chi connectivity index (χ4v) is 4.58. The van der Waals surface area contributed by atoms with Crippen molar-refractivity contribution in [3.63, 3.8) is 0 Å². The first-order valence-electron chi connectivity index (χ1n) is 11.5. The Morgan fingerprint density at radius 1 is 1.19 bits per heavy atom. The number of alkyl carbamates (subject to hydrolysis) is 1. The lowest BCUT2D eigenvalue weighted by Gasteiger charge is -2.30. The number of amides is 1. The van der Waals surface area contributed by atoms with Gasteiger partial charge in [0, 0.05) is 34.5 Å². The molecule has 7 nitrogen and oxygen atoms in total. The molecule has 37 heavy (non-hydrogen) atoms. The second kappa shape index (κ2) is 11.3. The first kappa shape index (κ1) is 28.1. The average molecular weight is 533 g/mol. The SMILES string of the molecule is CSc1cc(C#N)ccc1C(NC(=O)OC(C)(C)C)C1=C(Nc2ccnc(C(F)(F)F)c2)CCCC1=O. The van der Waals surface area contributed by atoms with Crippen molar-refractivity contribution in [3.8, 4) is 6.07 Å². The lowest BCUT2D eigenvalue weighted by molar-refractivity contribution is -0.141. The lowest BCUT2D eigenvalue weighted by Crippen LogP contribution is -2.38. The van der Waals surface area contributed by atoms with Crippen LogP contribution in [0.5, 0.6) is 0 Å². The van der Waals surface area contributed by atoms with Gasteiger partial charge in [0.25, 0.3) is 0 Å². The number of halogens is 3. The Balaban J connectivity index is 2.14. The van der Waals surface area contributed by atoms with Crippen molar-refractivity contribution in [3.05, 3.63) is 64.6 Å². The van der Waals surface area contributed by atoms with Gasteiger partial charge in [-0.1, -0.05) is 6.07 Å². The standard InChI is InChI=1S/C26H27F3N4O3S/c1-25(2,3)36-24(35)33-23(17-9-8-15(14-30)12-20(17)37-4)22-18(6-5-7-19(22)34)32-16-10-11-31-21(13-16)26(27,28)29/h8-13,23H,5-7H2,1-4H3,(H,31,32)(H,33,35). The topological polar surface area (TPSA) is 104 Å². The Hall–Kier alpha value is -3.52. The van der Waals surface area contributed by atoms with Crippen molar-refractivity contribution < 1.29 is 27.5 Å². The average Bonchev–Trinajstić information content (AvgIpc) is 2.81. The summed E-state index contributed by atoms with van der Waals surface area (Å²) in [6.07, 6.45) is -1.47. The highest BCUT2D eigenvalue weighted by atomic mass is 32.2. The number of nitriles is 1. The Morgan fingerprint density at radius 2 is 1.92 bits per heavy atom. The molecular weight excluding hydrogens is 505 g/mol. The zero-order valence-electron chi connectivity index (χ0n) is 20.8. The fourth-order valence-electron chi connectivity index (χ4n) is 3.92. The van der Waals surface area contributed by atoms with Crippen LogP contribution in [0.25, 0.3) is 0 Å². The number of Topliss-reactive ketones (excluding diaryl/α,β-unsaturated/α-hetero) is 1. The smallest absolute Gasteiger partial charge is 0.433 e. The molecule has 2 N–H and O–H groups in total. The van der Waals surface area contributed by atoms with E-state index in [1.165, 1.54) is 17.8 Å². The van der Waals surface area contributed by atoms with E-state index in [4.69, 9.17) is 4.74 Å². The second-order valence-corrected chi connectivity index (χ2v) is 10.2. The predicted molar refractivity (Wildman–Crippen MR) is 134 cm³/mol. The second-order valence-electron chi connectivity index (χ2n) is 9.37. The van der Waals surface area contributed by atoms with E-state index in [1.54, 1.807) is 45.2 Å². The van der Waals surface area contributed by atoms with Crippen LogP contribution in [-0.4, -0.2) is 28.7 Å². The molecule has 1 atom stereocenters. The number of ether oxygens (including phenoxy) is 1. The largest absolute Gasteiger partial charge is 0.444 e. The summed E-state index contributed by atoms with van der Waals surface area (Å²) in [5, 5.41) is 15.1. The summed E-state index contributed by atoms with van der Waals surface area (Å²) in [6.45, 7) is 5.11. The Morgan fingerprint density at radius 3 is 2.54 bits per heavy atom. The maximum atomic E-state index is 13.3. The summed E-state index contributed by atoms with van der Waals surface area (Å²) in [7, 11) is 0. The van der Waals surface area contributed by atoms with Gasteiger partial charge in [0.05, 0.1) is 17.7 Å². The number of anilines is 1. The van der Waals surface area contributed by atoms with Crippen molar-refractivity contribution in [1.29, 1.82) is 5.26 Å². The number of benzene rings is 1. The molecule has 1 aromatic heterocycles. The Kier molecular flexibility index (Phi) is 8.53. The van der Waals surface area contributed by atoms with Crippen LogP contribution in [0.2, 0.25) is 0 Å². The highest BCUT2D eigenvalue weighted by Crippen LogP contribution is 2.38. The van der Waals surface area contributed by atoms with Crippen LogP contribution in [0, 0.1) is 11.3 Å². The summed E-state index contributed by atoms with van der Waals surface area (Å²) >= 11 is 1.34. The highest BCUT2D eigenvalue weighted by Gasteiger charge is 2.34. The highest BCUT2D eigenvalue weighted by molar-refractivity contribution is 7.98. The van der Waals surface area contributed by atoms with Gasteiger partial charge in [-0.3, -0.25) is 9.78 Å². The molecule has 0 bridgehead atoms. The molecule has 1 heterocycles. The van der Waals surface area contributed by atoms with E-state index in [0.29, 0.717) is 34.6 Å². The van der Waals surface area contributed by atoms with Crippen LogP contribution >= 0.6 is 11.8 Å². The summed E-state index contributed by atoms with van der Waals surface area (Å²) in [5.74, 6) is -0.253. The summed E-state index contributed by atoms with van der Waals surface area (Å²) in [5.41, 5.74) is -0.169. The molecule has 1 unspecified atom stereocenters. The summed E-state index contributed by atoms with van der Waals surface area (Å²) < 4.78 is 45.1. The number of nitrogens with zero attached hydrogens (tertiary/aromatic N) is 2. The van der Waals surface area contributed by atoms with Crippen molar-refractivity contribution >= 4 is 29.3 Å². The number of carbonyl (C=O) groups excluding carboxylic acids is 2. The Labute approximate surface area is 217 Å². The summed E-state index contributed by atoms with van der Waals surface area (Å²) in [4.78, 5) is 30.2. The molecule has 1 aromatic carbocycles. The van der Waals surface area contributed by atoms with Crippen LogP contribution in [0.1, 0.15) is 62.9 Å². The number of nitrogens with one attached hydrogen (secondary N) is 2. The summed E-state index contributed by atoms with van der Waals surface area (Å²) in [6, 6.07) is 8.25. The van der Waals surface area contributed by atoms with Gasteiger partial charge < -0.3 is 15.4 Å². The van der Waals surface area contributed by atoms with Crippen molar-refractivity contribution in [2.75, 3.05) is 11.6 Å². The van der Waals surface area contributed by atoms with E-state index in [1.807, 2.05) is 0 Å². The molecular formula is C26H27F3N4O3S. The van der Waals surface area contributed by atoms with E-state index in [9.17, 15) is 28.0 Å². The maximum absolute atomic E-state index is 13.3. The quantitative estimate of drug-likeness (QED) is 0.416. The predicted octanol–water partition coefficient (Wildman–Crippen LogP) is 6.38. The van der Waals surface area contributed by atoms with Gasteiger partial charge in [-0.15, -0.1) is 11.8 Å². The van der Waals surface area contributed by atoms with Gasteiger partial charge in [-0.25, -0.2) is 4.79 Å². The molecule has 0 spiro atoms. The van der Waals surface area contributed by atoms with Gasteiger partial charge in [0.15, 0.2) is 5.78 Å². The van der Waals surface area contributed by atoms with E-state index in [2.05, 4.69) is 21.7 Å². The van der Waals surface area contributed by atoms with Crippen LogP contribution in [-0.2, 0) is 15.7 Å². The molecule has 1 amide bonds. The molecule has 2 aromatic rings. The maximum Gasteiger partial charge on any atom is 0.433 e. The minimum Gasteiger partial charge on any atom is -0.444 e. The van der Waals surface area contributed by atoms with Gasteiger partial charge in [0.2, 0.25) is 0 Å². The third-order valence-corrected chi connectivity index (χ3v) is 6.22.